The predicted octanol–water partition coefficient (Wildman–Crippen LogP) is 4.18. The highest BCUT2D eigenvalue weighted by molar-refractivity contribution is 5.68. The van der Waals surface area contributed by atoms with E-state index in [0.29, 0.717) is 0 Å². The minimum absolute atomic E-state index is 0.154. The first kappa shape index (κ1) is 39.4. The van der Waals surface area contributed by atoms with Gasteiger partial charge in [0.05, 0.1) is 26.4 Å². The SMILES string of the molecule is CO[C@H]1O[C@H](CO[C@H]2O[C@@H]3COC(c4ccccc4)O[C@H]3[C@H](OCc3ccccc3)[C@H]2OCc2ccccc2)[C@@H](OC(C)=O)[C@H](OC(C)=O)[C@H]1OC(C)=O. The van der Waals surface area contributed by atoms with Crippen LogP contribution in [0.1, 0.15) is 43.8 Å². The van der Waals surface area contributed by atoms with Gasteiger partial charge in [0.2, 0.25) is 0 Å². The highest BCUT2D eigenvalue weighted by Gasteiger charge is 2.55. The number of esters is 3. The quantitative estimate of drug-likeness (QED) is 0.171. The van der Waals surface area contributed by atoms with Crippen LogP contribution in [0, 0.1) is 0 Å². The molecule has 1 unspecified atom stereocenters. The van der Waals surface area contributed by atoms with Crippen molar-refractivity contribution >= 4 is 17.9 Å². The Hall–Kier alpha value is -4.25. The van der Waals surface area contributed by atoms with E-state index in [1.165, 1.54) is 27.9 Å². The van der Waals surface area contributed by atoms with Gasteiger partial charge in [-0.2, -0.15) is 0 Å². The van der Waals surface area contributed by atoms with Crippen LogP contribution in [0.2, 0.25) is 0 Å². The van der Waals surface area contributed by atoms with Crippen LogP contribution in [-0.4, -0.2) is 99.6 Å². The third-order valence-electron chi connectivity index (χ3n) is 9.08. The van der Waals surface area contributed by atoms with Crippen LogP contribution in [0.4, 0.5) is 0 Å². The van der Waals surface area contributed by atoms with Crippen LogP contribution in [0.25, 0.3) is 0 Å². The lowest BCUT2D eigenvalue weighted by Gasteiger charge is -2.49. The average Bonchev–Trinajstić information content (AvgIpc) is 3.17. The molecule has 3 aliphatic heterocycles. The van der Waals surface area contributed by atoms with Crippen LogP contribution >= 0.6 is 0 Å². The van der Waals surface area contributed by atoms with Crippen LogP contribution < -0.4 is 0 Å². The van der Waals surface area contributed by atoms with Crippen LogP contribution in [0.15, 0.2) is 91.0 Å². The number of hydrogen-bond donors (Lipinski definition) is 0. The second-order valence-electron chi connectivity index (χ2n) is 13.1. The monoisotopic (exact) mass is 750 g/mol. The van der Waals surface area contributed by atoms with Gasteiger partial charge in [0.25, 0.3) is 0 Å². The zero-order chi connectivity index (χ0) is 38.0. The number of rotatable bonds is 14. The first-order valence-corrected chi connectivity index (χ1v) is 17.8. The van der Waals surface area contributed by atoms with E-state index in [-0.39, 0.29) is 26.4 Å². The van der Waals surface area contributed by atoms with Crippen molar-refractivity contribution in [2.45, 2.75) is 102 Å². The summed E-state index contributed by atoms with van der Waals surface area (Å²) in [6.45, 7) is 3.89. The number of hydrogen-bond acceptors (Lipinski definition) is 14. The van der Waals surface area contributed by atoms with E-state index < -0.39 is 85.6 Å². The van der Waals surface area contributed by atoms with Gasteiger partial charge in [-0.1, -0.05) is 91.0 Å². The molecule has 290 valence electrons. The number of carbonyl (C=O) groups is 3. The molecular formula is C40H46O14. The summed E-state index contributed by atoms with van der Waals surface area (Å²) in [4.78, 5) is 36.7. The Balaban J connectivity index is 1.30. The van der Waals surface area contributed by atoms with Crippen molar-refractivity contribution in [3.63, 3.8) is 0 Å². The second-order valence-corrected chi connectivity index (χ2v) is 13.1. The lowest BCUT2D eigenvalue weighted by atomic mass is 9.96. The topological polar surface area (TPSA) is 153 Å². The molecule has 3 heterocycles. The molecule has 0 amide bonds. The van der Waals surface area contributed by atoms with E-state index in [9.17, 15) is 14.4 Å². The molecule has 0 aromatic heterocycles. The highest BCUT2D eigenvalue weighted by Crippen LogP contribution is 2.38. The fourth-order valence-electron chi connectivity index (χ4n) is 6.73. The van der Waals surface area contributed by atoms with Gasteiger partial charge in [0.15, 0.2) is 37.2 Å². The third kappa shape index (κ3) is 10.1. The Morgan fingerprint density at radius 2 is 1.13 bits per heavy atom. The maximum atomic E-state index is 12.4. The van der Waals surface area contributed by atoms with Gasteiger partial charge in [-0.05, 0) is 11.1 Å². The maximum Gasteiger partial charge on any atom is 0.303 e. The van der Waals surface area contributed by atoms with E-state index in [0.717, 1.165) is 16.7 Å². The Kier molecular flexibility index (Phi) is 13.8. The molecule has 0 radical (unpaired) electrons. The molecule has 14 nitrogen and oxygen atoms in total. The molecule has 3 aromatic rings. The molecular weight excluding hydrogens is 704 g/mol. The second kappa shape index (κ2) is 18.9. The van der Waals surface area contributed by atoms with Crippen LogP contribution in [0.3, 0.4) is 0 Å². The predicted molar refractivity (Wildman–Crippen MR) is 187 cm³/mol. The molecule has 0 aliphatic carbocycles. The molecule has 6 rings (SSSR count). The number of carbonyl (C=O) groups excluding carboxylic acids is 3. The van der Waals surface area contributed by atoms with Crippen molar-refractivity contribution in [1.29, 1.82) is 0 Å². The first-order chi connectivity index (χ1) is 26.2. The number of benzene rings is 3. The number of methoxy groups -OCH3 is 1. The van der Waals surface area contributed by atoms with Crippen LogP contribution in [0.5, 0.6) is 0 Å². The van der Waals surface area contributed by atoms with E-state index in [1.54, 1.807) is 0 Å². The zero-order valence-corrected chi connectivity index (χ0v) is 30.6. The summed E-state index contributed by atoms with van der Waals surface area (Å²) in [6.07, 6.45) is -10.7. The summed E-state index contributed by atoms with van der Waals surface area (Å²) in [7, 11) is 1.34. The molecule has 0 N–H and O–H groups in total. The summed E-state index contributed by atoms with van der Waals surface area (Å²) in [5, 5.41) is 0. The molecule has 54 heavy (non-hydrogen) atoms. The Labute approximate surface area is 313 Å². The summed E-state index contributed by atoms with van der Waals surface area (Å²) < 4.78 is 67.4. The van der Waals surface area contributed by atoms with Gasteiger partial charge in [-0.15, -0.1) is 0 Å². The summed E-state index contributed by atoms with van der Waals surface area (Å²) in [5.74, 6) is -2.08. The Bertz CT molecular complexity index is 1640. The van der Waals surface area contributed by atoms with Crippen molar-refractivity contribution in [3.05, 3.63) is 108 Å². The summed E-state index contributed by atoms with van der Waals surface area (Å²) in [5.41, 5.74) is 2.69. The van der Waals surface area contributed by atoms with Gasteiger partial charge in [-0.25, -0.2) is 0 Å². The molecule has 0 spiro atoms. The van der Waals surface area contributed by atoms with Gasteiger partial charge in [0, 0.05) is 33.4 Å². The molecule has 3 aliphatic rings. The first-order valence-electron chi connectivity index (χ1n) is 17.8. The van der Waals surface area contributed by atoms with E-state index in [1.807, 2.05) is 91.0 Å². The van der Waals surface area contributed by atoms with Crippen molar-refractivity contribution in [2.75, 3.05) is 20.3 Å². The van der Waals surface area contributed by atoms with Gasteiger partial charge < -0.3 is 52.1 Å². The molecule has 3 aromatic carbocycles. The minimum atomic E-state index is -1.29. The van der Waals surface area contributed by atoms with Crippen molar-refractivity contribution in [1.82, 2.24) is 0 Å². The molecule has 11 atom stereocenters. The fraction of sp³-hybridized carbons (Fsp3) is 0.475. The van der Waals surface area contributed by atoms with Crippen molar-refractivity contribution in [2.24, 2.45) is 0 Å². The normalized spacial score (nSPS) is 30.8. The Morgan fingerprint density at radius 3 is 1.70 bits per heavy atom. The third-order valence-corrected chi connectivity index (χ3v) is 9.08. The van der Waals surface area contributed by atoms with Crippen LogP contribution in [-0.2, 0) is 79.7 Å². The van der Waals surface area contributed by atoms with E-state index in [2.05, 4.69) is 0 Å². The van der Waals surface area contributed by atoms with Gasteiger partial charge in [0.1, 0.15) is 30.5 Å². The highest BCUT2D eigenvalue weighted by atomic mass is 16.8. The number of ether oxygens (including phenoxy) is 11. The fourth-order valence-corrected chi connectivity index (χ4v) is 6.73. The molecule has 0 bridgehead atoms. The molecule has 3 fully saturated rings. The zero-order valence-electron chi connectivity index (χ0n) is 30.6. The summed E-state index contributed by atoms with van der Waals surface area (Å²) >= 11 is 0. The smallest absolute Gasteiger partial charge is 0.303 e. The maximum absolute atomic E-state index is 12.4. The average molecular weight is 751 g/mol. The standard InChI is InChI=1S/C40H46O14/c1-24(41)49-33-31(52-39(44-4)37(51-26(3)43)35(33)50-25(2)42)23-48-40-36(46-21-28-16-10-6-11-17-28)34(45-20-27-14-8-5-9-15-27)32-30(53-40)22-47-38(54-32)29-18-12-7-13-19-29/h5-19,30-40H,20-23H2,1-4H3/t30-,31-,32-,33-,34+,35+,36-,37-,38?,39+,40+/m1/s1. The van der Waals surface area contributed by atoms with E-state index >= 15 is 0 Å². The van der Waals surface area contributed by atoms with Gasteiger partial charge >= 0.3 is 17.9 Å². The molecule has 14 heteroatoms. The Morgan fingerprint density at radius 1 is 0.593 bits per heavy atom. The van der Waals surface area contributed by atoms with Crippen molar-refractivity contribution < 1.29 is 66.5 Å². The van der Waals surface area contributed by atoms with Crippen molar-refractivity contribution in [3.8, 4) is 0 Å². The molecule has 3 saturated heterocycles. The minimum Gasteiger partial charge on any atom is -0.456 e. The lowest BCUT2D eigenvalue weighted by Crippen LogP contribution is -2.65. The molecule has 0 saturated carbocycles. The largest absolute Gasteiger partial charge is 0.456 e. The lowest BCUT2D eigenvalue weighted by molar-refractivity contribution is -0.378. The van der Waals surface area contributed by atoms with Gasteiger partial charge in [-0.3, -0.25) is 14.4 Å². The number of fused-ring (bicyclic) bond motifs is 1. The van der Waals surface area contributed by atoms with E-state index in [4.69, 9.17) is 52.1 Å². The summed E-state index contributed by atoms with van der Waals surface area (Å²) in [6, 6.07) is 29.0.